The Kier molecular flexibility index (Phi) is 5.16. The van der Waals surface area contributed by atoms with Crippen molar-refractivity contribution in [2.24, 2.45) is 7.05 Å². The van der Waals surface area contributed by atoms with E-state index in [1.807, 2.05) is 26.2 Å². The summed E-state index contributed by atoms with van der Waals surface area (Å²) in [4.78, 5) is 10.7. The molecule has 0 aliphatic rings. The number of aliphatic hydroxyl groups excluding tert-OH is 1. The van der Waals surface area contributed by atoms with Crippen LogP contribution >= 0.6 is 0 Å². The summed E-state index contributed by atoms with van der Waals surface area (Å²) in [6, 6.07) is 8.79. The van der Waals surface area contributed by atoms with Crippen LogP contribution in [0.3, 0.4) is 0 Å². The van der Waals surface area contributed by atoms with Crippen LogP contribution in [-0.4, -0.2) is 20.6 Å². The van der Waals surface area contributed by atoms with Gasteiger partial charge in [-0.3, -0.25) is 10.1 Å². The van der Waals surface area contributed by atoms with E-state index in [4.69, 9.17) is 0 Å². The predicted octanol–water partition coefficient (Wildman–Crippen LogP) is 2.86. The number of nitrogens with one attached hydrogen (secondary N) is 1. The Morgan fingerprint density at radius 3 is 2.77 bits per heavy atom. The number of hydrogen-bond donors (Lipinski definition) is 2. The average molecular weight is 303 g/mol. The van der Waals surface area contributed by atoms with Gasteiger partial charge in [0, 0.05) is 31.0 Å². The molecule has 6 nitrogen and oxygen atoms in total. The van der Waals surface area contributed by atoms with Crippen molar-refractivity contribution in [2.75, 3.05) is 5.32 Å². The molecule has 2 N–H and O–H groups in total. The van der Waals surface area contributed by atoms with Crippen LogP contribution in [-0.2, 0) is 20.1 Å². The maximum Gasteiger partial charge on any atom is 0.292 e. The van der Waals surface area contributed by atoms with Gasteiger partial charge in [0.25, 0.3) is 5.69 Å². The van der Waals surface area contributed by atoms with Crippen molar-refractivity contribution in [2.45, 2.75) is 32.4 Å². The Bertz CT molecular complexity index is 652. The van der Waals surface area contributed by atoms with Crippen LogP contribution in [0.25, 0.3) is 0 Å². The van der Waals surface area contributed by atoms with Gasteiger partial charge in [-0.1, -0.05) is 0 Å². The molecule has 1 heterocycles. The third-order valence-electron chi connectivity index (χ3n) is 3.73. The minimum atomic E-state index is -0.409. The van der Waals surface area contributed by atoms with Gasteiger partial charge in [0.15, 0.2) is 0 Å². The van der Waals surface area contributed by atoms with Gasteiger partial charge in [-0.2, -0.15) is 0 Å². The molecular weight excluding hydrogens is 282 g/mol. The summed E-state index contributed by atoms with van der Waals surface area (Å²) >= 11 is 0. The summed E-state index contributed by atoms with van der Waals surface area (Å²) in [5.74, 6) is 0. The van der Waals surface area contributed by atoms with Crippen molar-refractivity contribution in [3.8, 4) is 0 Å². The van der Waals surface area contributed by atoms with E-state index in [0.717, 1.165) is 12.8 Å². The van der Waals surface area contributed by atoms with Crippen LogP contribution in [0.15, 0.2) is 36.5 Å². The molecule has 6 heteroatoms. The molecule has 1 aromatic carbocycles. The van der Waals surface area contributed by atoms with Crippen molar-refractivity contribution in [1.29, 1.82) is 0 Å². The van der Waals surface area contributed by atoms with E-state index >= 15 is 0 Å². The van der Waals surface area contributed by atoms with Gasteiger partial charge < -0.3 is 15.0 Å². The van der Waals surface area contributed by atoms with E-state index in [2.05, 4.69) is 16.0 Å². The summed E-state index contributed by atoms with van der Waals surface area (Å²) in [6.07, 6.45) is 3.76. The smallest absolute Gasteiger partial charge is 0.292 e. The van der Waals surface area contributed by atoms with E-state index in [-0.39, 0.29) is 18.3 Å². The number of aryl methyl sites for hydroxylation is 2. The summed E-state index contributed by atoms with van der Waals surface area (Å²) in [6.45, 7) is 1.86. The molecule has 0 bridgehead atoms. The quantitative estimate of drug-likeness (QED) is 0.609. The number of hydrogen-bond acceptors (Lipinski definition) is 4. The van der Waals surface area contributed by atoms with Crippen molar-refractivity contribution in [3.63, 3.8) is 0 Å². The summed E-state index contributed by atoms with van der Waals surface area (Å²) in [7, 11) is 2.00. The van der Waals surface area contributed by atoms with Crippen LogP contribution in [0.2, 0.25) is 0 Å². The molecule has 2 aromatic rings. The van der Waals surface area contributed by atoms with Crippen LogP contribution < -0.4 is 5.32 Å². The van der Waals surface area contributed by atoms with Crippen molar-refractivity contribution >= 4 is 11.4 Å². The monoisotopic (exact) mass is 303 g/mol. The molecule has 1 aromatic heterocycles. The number of nitro groups is 1. The lowest BCUT2D eigenvalue weighted by atomic mass is 10.1. The highest BCUT2D eigenvalue weighted by Crippen LogP contribution is 2.26. The maximum atomic E-state index is 11.1. The highest BCUT2D eigenvalue weighted by atomic mass is 16.6. The van der Waals surface area contributed by atoms with Crippen LogP contribution in [0.1, 0.15) is 24.6 Å². The van der Waals surface area contributed by atoms with Crippen molar-refractivity contribution in [1.82, 2.24) is 4.57 Å². The topological polar surface area (TPSA) is 80.3 Å². The SMILES string of the molecule is CC(CCc1cccn1C)Nc1cc(CO)ccc1[N+](=O)[O-]. The molecule has 0 saturated heterocycles. The molecule has 2 rings (SSSR count). The van der Waals surface area contributed by atoms with Crippen molar-refractivity contribution < 1.29 is 10.0 Å². The molecule has 0 aliphatic heterocycles. The molecule has 0 saturated carbocycles. The second-order valence-corrected chi connectivity index (χ2v) is 5.46. The first-order valence-corrected chi connectivity index (χ1v) is 7.26. The van der Waals surface area contributed by atoms with Crippen LogP contribution in [0.4, 0.5) is 11.4 Å². The number of aliphatic hydroxyl groups is 1. The third-order valence-corrected chi connectivity index (χ3v) is 3.73. The van der Waals surface area contributed by atoms with Gasteiger partial charge in [-0.25, -0.2) is 0 Å². The highest BCUT2D eigenvalue weighted by molar-refractivity contribution is 5.63. The van der Waals surface area contributed by atoms with Crippen molar-refractivity contribution in [3.05, 3.63) is 57.9 Å². The van der Waals surface area contributed by atoms with Crippen LogP contribution in [0, 0.1) is 10.1 Å². The minimum Gasteiger partial charge on any atom is -0.392 e. The number of rotatable bonds is 7. The lowest BCUT2D eigenvalue weighted by Gasteiger charge is -2.16. The predicted molar refractivity (Wildman–Crippen MR) is 85.8 cm³/mol. The molecule has 0 amide bonds. The first-order chi connectivity index (χ1) is 10.5. The van der Waals surface area contributed by atoms with E-state index < -0.39 is 4.92 Å². The van der Waals surface area contributed by atoms with Gasteiger partial charge >= 0.3 is 0 Å². The van der Waals surface area contributed by atoms with Gasteiger partial charge in [0.2, 0.25) is 0 Å². The molecule has 118 valence electrons. The fraction of sp³-hybridized carbons (Fsp3) is 0.375. The van der Waals surface area contributed by atoms with Gasteiger partial charge in [0.1, 0.15) is 5.69 Å². The minimum absolute atomic E-state index is 0.0305. The standard InChI is InChI=1S/C16H21N3O3/c1-12(5-7-14-4-3-9-18(14)2)17-15-10-13(11-20)6-8-16(15)19(21)22/h3-4,6,8-10,12,17,20H,5,7,11H2,1-2H3. The molecule has 0 spiro atoms. The Labute approximate surface area is 129 Å². The zero-order chi connectivity index (χ0) is 16.1. The Hall–Kier alpha value is -2.34. The molecule has 0 radical (unpaired) electrons. The average Bonchev–Trinajstić information content (AvgIpc) is 2.90. The zero-order valence-electron chi connectivity index (χ0n) is 12.8. The largest absolute Gasteiger partial charge is 0.392 e. The zero-order valence-corrected chi connectivity index (χ0v) is 12.8. The second-order valence-electron chi connectivity index (χ2n) is 5.46. The lowest BCUT2D eigenvalue weighted by Crippen LogP contribution is -2.17. The highest BCUT2D eigenvalue weighted by Gasteiger charge is 2.16. The Morgan fingerprint density at radius 2 is 2.18 bits per heavy atom. The van der Waals surface area contributed by atoms with E-state index in [1.54, 1.807) is 12.1 Å². The summed E-state index contributed by atoms with van der Waals surface area (Å²) < 4.78 is 2.07. The van der Waals surface area contributed by atoms with E-state index in [0.29, 0.717) is 11.3 Å². The summed E-state index contributed by atoms with van der Waals surface area (Å²) in [5.41, 5.74) is 2.37. The third kappa shape index (κ3) is 3.85. The molecule has 1 atom stereocenters. The van der Waals surface area contributed by atoms with Crippen LogP contribution in [0.5, 0.6) is 0 Å². The number of nitrogens with zero attached hydrogens (tertiary/aromatic N) is 2. The number of nitro benzene ring substituents is 1. The molecular formula is C16H21N3O3. The number of benzene rings is 1. The number of anilines is 1. The van der Waals surface area contributed by atoms with E-state index in [1.165, 1.54) is 11.8 Å². The first kappa shape index (κ1) is 16.0. The van der Waals surface area contributed by atoms with Gasteiger partial charge in [0.05, 0.1) is 11.5 Å². The molecule has 1 unspecified atom stereocenters. The Balaban J connectivity index is 2.05. The lowest BCUT2D eigenvalue weighted by molar-refractivity contribution is -0.384. The molecule has 0 fully saturated rings. The van der Waals surface area contributed by atoms with Gasteiger partial charge in [-0.05, 0) is 49.6 Å². The Morgan fingerprint density at radius 1 is 1.41 bits per heavy atom. The second kappa shape index (κ2) is 7.09. The fourth-order valence-corrected chi connectivity index (χ4v) is 2.41. The number of aromatic nitrogens is 1. The fourth-order valence-electron chi connectivity index (χ4n) is 2.41. The summed E-state index contributed by atoms with van der Waals surface area (Å²) in [5, 5.41) is 23.5. The van der Waals surface area contributed by atoms with Gasteiger partial charge in [-0.15, -0.1) is 0 Å². The first-order valence-electron chi connectivity index (χ1n) is 7.26. The van der Waals surface area contributed by atoms with E-state index in [9.17, 15) is 15.2 Å². The molecule has 22 heavy (non-hydrogen) atoms. The maximum absolute atomic E-state index is 11.1. The normalized spacial score (nSPS) is 12.1. The molecule has 0 aliphatic carbocycles.